The van der Waals surface area contributed by atoms with Gasteiger partial charge in [0.2, 0.25) is 6.41 Å². The zero-order chi connectivity index (χ0) is 9.73. The van der Waals surface area contributed by atoms with Crippen molar-refractivity contribution in [2.45, 2.75) is 32.1 Å². The van der Waals surface area contributed by atoms with Crippen molar-refractivity contribution in [2.75, 3.05) is 6.54 Å². The van der Waals surface area contributed by atoms with Crippen LogP contribution in [-0.4, -0.2) is 24.0 Å². The van der Waals surface area contributed by atoms with Gasteiger partial charge in [-0.15, -0.1) is 0 Å². The highest BCUT2D eigenvalue weighted by atomic mass is 16.4. The maximum atomic E-state index is 11.0. The number of rotatable bonds is 4. The maximum absolute atomic E-state index is 11.0. The molecule has 0 unspecified atom stereocenters. The molecular weight excluding hydrogens is 170 g/mol. The molecule has 4 heteroatoms. The number of amides is 1. The van der Waals surface area contributed by atoms with Gasteiger partial charge in [-0.25, -0.2) is 0 Å². The van der Waals surface area contributed by atoms with Crippen LogP contribution in [-0.2, 0) is 9.59 Å². The molecule has 74 valence electrons. The van der Waals surface area contributed by atoms with Gasteiger partial charge in [0, 0.05) is 6.54 Å². The van der Waals surface area contributed by atoms with E-state index in [0.717, 1.165) is 19.3 Å². The van der Waals surface area contributed by atoms with Crippen molar-refractivity contribution >= 4 is 12.4 Å². The molecule has 1 fully saturated rings. The lowest BCUT2D eigenvalue weighted by Gasteiger charge is -2.32. The number of carbonyl (C=O) groups excluding carboxylic acids is 1. The van der Waals surface area contributed by atoms with E-state index in [2.05, 4.69) is 5.32 Å². The van der Waals surface area contributed by atoms with Crippen LogP contribution in [0.4, 0.5) is 0 Å². The predicted octanol–water partition coefficient (Wildman–Crippen LogP) is 0.767. The van der Waals surface area contributed by atoms with Crippen molar-refractivity contribution in [3.05, 3.63) is 0 Å². The Kier molecular flexibility index (Phi) is 3.28. The zero-order valence-corrected chi connectivity index (χ0v) is 7.58. The van der Waals surface area contributed by atoms with Gasteiger partial charge >= 0.3 is 5.97 Å². The lowest BCUT2D eigenvalue weighted by atomic mass is 9.74. The molecule has 0 spiro atoms. The third-order valence-electron chi connectivity index (χ3n) is 2.79. The fraction of sp³-hybridized carbons (Fsp3) is 0.778. The molecule has 0 radical (unpaired) electrons. The third kappa shape index (κ3) is 2.20. The summed E-state index contributed by atoms with van der Waals surface area (Å²) in [5.74, 6) is -0.776. The molecule has 0 aromatic rings. The summed E-state index contributed by atoms with van der Waals surface area (Å²) in [5.41, 5.74) is -0.695. The Morgan fingerprint density at radius 2 is 2.00 bits per heavy atom. The molecule has 1 saturated carbocycles. The molecule has 0 heterocycles. The Bertz CT molecular complexity index is 197. The van der Waals surface area contributed by atoms with E-state index in [9.17, 15) is 9.59 Å². The van der Waals surface area contributed by atoms with Gasteiger partial charge in [0.25, 0.3) is 0 Å². The van der Waals surface area contributed by atoms with Crippen molar-refractivity contribution in [3.63, 3.8) is 0 Å². The number of carboxylic acid groups (broad SMARTS) is 1. The summed E-state index contributed by atoms with van der Waals surface area (Å²) < 4.78 is 0. The first-order valence-corrected chi connectivity index (χ1v) is 4.62. The van der Waals surface area contributed by atoms with E-state index in [0.29, 0.717) is 19.3 Å². The third-order valence-corrected chi connectivity index (χ3v) is 2.79. The second-order valence-electron chi connectivity index (χ2n) is 3.64. The van der Waals surface area contributed by atoms with Crippen molar-refractivity contribution in [2.24, 2.45) is 5.41 Å². The molecule has 1 amide bonds. The van der Waals surface area contributed by atoms with E-state index in [1.165, 1.54) is 0 Å². The largest absolute Gasteiger partial charge is 0.481 e. The Morgan fingerprint density at radius 1 is 1.38 bits per heavy atom. The minimum atomic E-state index is -0.776. The molecule has 1 aliphatic carbocycles. The van der Waals surface area contributed by atoms with Crippen LogP contribution in [0.1, 0.15) is 32.1 Å². The second kappa shape index (κ2) is 4.25. The van der Waals surface area contributed by atoms with Crippen LogP contribution in [0.15, 0.2) is 0 Å². The maximum Gasteiger partial charge on any atom is 0.311 e. The number of aliphatic carboxylic acids is 1. The number of hydrogen-bond acceptors (Lipinski definition) is 2. The Balaban J connectivity index is 2.61. The van der Waals surface area contributed by atoms with Gasteiger partial charge in [-0.3, -0.25) is 9.59 Å². The van der Waals surface area contributed by atoms with Gasteiger partial charge in [0.1, 0.15) is 0 Å². The average Bonchev–Trinajstić information content (AvgIpc) is 2.16. The molecular formula is C9H15NO3. The first kappa shape index (κ1) is 10.0. The summed E-state index contributed by atoms with van der Waals surface area (Å²) in [6.07, 6.45) is 4.95. The fourth-order valence-electron chi connectivity index (χ4n) is 1.93. The average molecular weight is 185 g/mol. The first-order valence-electron chi connectivity index (χ1n) is 4.62. The topological polar surface area (TPSA) is 66.4 Å². The molecule has 4 nitrogen and oxygen atoms in total. The van der Waals surface area contributed by atoms with Crippen molar-refractivity contribution in [3.8, 4) is 0 Å². The number of carboxylic acids is 1. The second-order valence-corrected chi connectivity index (χ2v) is 3.64. The van der Waals surface area contributed by atoms with Gasteiger partial charge in [-0.2, -0.15) is 0 Å². The lowest BCUT2D eigenvalue weighted by molar-refractivity contribution is -0.150. The smallest absolute Gasteiger partial charge is 0.311 e. The molecule has 0 saturated heterocycles. The van der Waals surface area contributed by atoms with Crippen LogP contribution in [0.3, 0.4) is 0 Å². The van der Waals surface area contributed by atoms with E-state index in [1.807, 2.05) is 0 Å². The molecule has 1 aliphatic rings. The number of hydrogen-bond donors (Lipinski definition) is 2. The minimum Gasteiger partial charge on any atom is -0.481 e. The van der Waals surface area contributed by atoms with Crippen LogP contribution < -0.4 is 5.32 Å². The summed E-state index contributed by atoms with van der Waals surface area (Å²) in [4.78, 5) is 21.1. The van der Waals surface area contributed by atoms with Crippen molar-refractivity contribution in [1.82, 2.24) is 5.32 Å². The van der Waals surface area contributed by atoms with Crippen LogP contribution >= 0.6 is 0 Å². The summed E-state index contributed by atoms with van der Waals surface area (Å²) in [6, 6.07) is 0. The Labute approximate surface area is 77.3 Å². The quantitative estimate of drug-likeness (QED) is 0.636. The monoisotopic (exact) mass is 185 g/mol. The van der Waals surface area contributed by atoms with Crippen LogP contribution in [0.2, 0.25) is 0 Å². The van der Waals surface area contributed by atoms with Gasteiger partial charge in [0.15, 0.2) is 0 Å². The zero-order valence-electron chi connectivity index (χ0n) is 7.58. The van der Waals surface area contributed by atoms with E-state index in [1.54, 1.807) is 0 Å². The summed E-state index contributed by atoms with van der Waals surface area (Å²) in [6.45, 7) is 0.270. The van der Waals surface area contributed by atoms with Crippen LogP contribution in [0, 0.1) is 5.41 Å². The van der Waals surface area contributed by atoms with E-state index in [4.69, 9.17) is 5.11 Å². The van der Waals surface area contributed by atoms with Gasteiger partial charge in [-0.1, -0.05) is 19.3 Å². The van der Waals surface area contributed by atoms with E-state index in [-0.39, 0.29) is 6.54 Å². The van der Waals surface area contributed by atoms with Crippen LogP contribution in [0.5, 0.6) is 0 Å². The Morgan fingerprint density at radius 3 is 2.46 bits per heavy atom. The lowest BCUT2D eigenvalue weighted by Crippen LogP contribution is -2.42. The Hall–Kier alpha value is -1.06. The highest BCUT2D eigenvalue weighted by Crippen LogP contribution is 2.35. The van der Waals surface area contributed by atoms with Gasteiger partial charge in [-0.05, 0) is 12.8 Å². The first-order chi connectivity index (χ1) is 6.21. The highest BCUT2D eigenvalue weighted by molar-refractivity contribution is 5.75. The summed E-state index contributed by atoms with van der Waals surface area (Å²) in [5, 5.41) is 11.5. The van der Waals surface area contributed by atoms with Crippen LogP contribution in [0.25, 0.3) is 0 Å². The standard InChI is InChI=1S/C9H15NO3/c11-7-10-6-9(8(12)13)4-2-1-3-5-9/h7H,1-6H2,(H,10,11)(H,12,13). The molecule has 13 heavy (non-hydrogen) atoms. The molecule has 0 aromatic carbocycles. The molecule has 0 atom stereocenters. The normalized spacial score (nSPS) is 20.6. The van der Waals surface area contributed by atoms with Crippen molar-refractivity contribution < 1.29 is 14.7 Å². The minimum absolute atomic E-state index is 0.270. The molecule has 0 bridgehead atoms. The number of carbonyl (C=O) groups is 2. The molecule has 1 rings (SSSR count). The number of nitrogens with one attached hydrogen (secondary N) is 1. The summed E-state index contributed by atoms with van der Waals surface area (Å²) >= 11 is 0. The molecule has 0 aliphatic heterocycles. The van der Waals surface area contributed by atoms with Crippen molar-refractivity contribution in [1.29, 1.82) is 0 Å². The fourth-order valence-corrected chi connectivity index (χ4v) is 1.93. The van der Waals surface area contributed by atoms with Gasteiger partial charge in [0.05, 0.1) is 5.41 Å². The van der Waals surface area contributed by atoms with Gasteiger partial charge < -0.3 is 10.4 Å². The molecule has 0 aromatic heterocycles. The highest BCUT2D eigenvalue weighted by Gasteiger charge is 2.39. The van der Waals surface area contributed by atoms with E-state index < -0.39 is 11.4 Å². The van der Waals surface area contributed by atoms with E-state index >= 15 is 0 Å². The SMILES string of the molecule is O=CNCC1(C(=O)O)CCCCC1. The molecule has 2 N–H and O–H groups in total. The summed E-state index contributed by atoms with van der Waals surface area (Å²) in [7, 11) is 0. The predicted molar refractivity (Wildman–Crippen MR) is 47.2 cm³/mol.